The third-order valence-electron chi connectivity index (χ3n) is 6.24. The summed E-state index contributed by atoms with van der Waals surface area (Å²) in [6, 6.07) is 18.0. The van der Waals surface area contributed by atoms with Gasteiger partial charge in [0, 0.05) is 55.1 Å². The smallest absolute Gasteiger partial charge is 0.228 e. The minimum atomic E-state index is -0.327. The number of para-hydroxylation sites is 1. The fourth-order valence-corrected chi connectivity index (χ4v) is 4.79. The number of nitrogens with one attached hydrogen (secondary N) is 1. The van der Waals surface area contributed by atoms with Crippen LogP contribution in [0.1, 0.15) is 29.3 Å². The van der Waals surface area contributed by atoms with Gasteiger partial charge in [-0.2, -0.15) is 0 Å². The number of aromatic amines is 1. The normalized spacial score (nSPS) is 22.0. The van der Waals surface area contributed by atoms with Crippen LogP contribution < -0.4 is 0 Å². The first-order valence-electron chi connectivity index (χ1n) is 9.81. The molecule has 2 aliphatic heterocycles. The second-order valence-corrected chi connectivity index (χ2v) is 7.81. The number of aromatic nitrogens is 1. The summed E-state index contributed by atoms with van der Waals surface area (Å²) >= 11 is 0. The molecule has 5 rings (SSSR count). The van der Waals surface area contributed by atoms with E-state index in [1.807, 2.05) is 47.4 Å². The van der Waals surface area contributed by atoms with E-state index in [1.54, 1.807) is 11.9 Å². The Morgan fingerprint density at radius 3 is 2.64 bits per heavy atom. The molecule has 0 radical (unpaired) electrons. The molecule has 2 atom stereocenters. The molecule has 0 unspecified atom stereocenters. The maximum absolute atomic E-state index is 13.5. The molecule has 3 aromatic rings. The summed E-state index contributed by atoms with van der Waals surface area (Å²) in [7, 11) is 1.81. The van der Waals surface area contributed by atoms with E-state index in [-0.39, 0.29) is 30.2 Å². The fraction of sp³-hybridized carbons (Fsp3) is 0.304. The Kier molecular flexibility index (Phi) is 3.97. The summed E-state index contributed by atoms with van der Waals surface area (Å²) in [4.78, 5) is 33.1. The molecule has 1 saturated heterocycles. The van der Waals surface area contributed by atoms with Crippen LogP contribution in [-0.2, 0) is 22.6 Å². The first-order valence-corrected chi connectivity index (χ1v) is 9.81. The molecule has 1 N–H and O–H groups in total. The zero-order valence-electron chi connectivity index (χ0n) is 15.9. The van der Waals surface area contributed by atoms with E-state index >= 15 is 0 Å². The topological polar surface area (TPSA) is 56.4 Å². The lowest BCUT2D eigenvalue weighted by Crippen LogP contribution is -2.41. The van der Waals surface area contributed by atoms with Gasteiger partial charge in [-0.15, -0.1) is 0 Å². The van der Waals surface area contributed by atoms with E-state index in [1.165, 1.54) is 16.6 Å². The van der Waals surface area contributed by atoms with Gasteiger partial charge in [0.05, 0.1) is 12.0 Å². The Morgan fingerprint density at radius 1 is 1.07 bits per heavy atom. The number of fused-ring (bicyclic) bond motifs is 3. The molecule has 1 fully saturated rings. The number of rotatable bonds is 2. The van der Waals surface area contributed by atoms with E-state index in [9.17, 15) is 9.59 Å². The summed E-state index contributed by atoms with van der Waals surface area (Å²) in [6.07, 6.45) is 1.11. The van der Waals surface area contributed by atoms with E-state index in [0.717, 1.165) is 17.5 Å². The Balaban J connectivity index is 1.45. The standard InChI is InChI=1S/C23H23N3O2/c1-25-21(27)13-17(22(25)15-7-3-2-4-8-15)23(28)26-12-11-20-18(14-26)16-9-5-6-10-19(16)24-20/h2-10,17,22,24H,11-14H2,1H3/t17-,22-/m0/s1. The van der Waals surface area contributed by atoms with Crippen molar-refractivity contribution in [3.8, 4) is 0 Å². The molecule has 1 aromatic heterocycles. The first kappa shape index (κ1) is 17.0. The minimum Gasteiger partial charge on any atom is -0.358 e. The molecule has 5 nitrogen and oxygen atoms in total. The van der Waals surface area contributed by atoms with Gasteiger partial charge in [0.15, 0.2) is 0 Å². The molecular formula is C23H23N3O2. The Hall–Kier alpha value is -3.08. The fourth-order valence-electron chi connectivity index (χ4n) is 4.79. The lowest BCUT2D eigenvalue weighted by Gasteiger charge is -2.32. The van der Waals surface area contributed by atoms with E-state index in [2.05, 4.69) is 17.1 Å². The molecule has 0 bridgehead atoms. The van der Waals surface area contributed by atoms with Crippen molar-refractivity contribution in [3.63, 3.8) is 0 Å². The van der Waals surface area contributed by atoms with Gasteiger partial charge in [0.2, 0.25) is 11.8 Å². The number of benzene rings is 2. The molecular weight excluding hydrogens is 350 g/mol. The average Bonchev–Trinajstić information content (AvgIpc) is 3.25. The quantitative estimate of drug-likeness (QED) is 0.750. The van der Waals surface area contributed by atoms with Crippen molar-refractivity contribution in [2.24, 2.45) is 5.92 Å². The van der Waals surface area contributed by atoms with Crippen molar-refractivity contribution in [2.75, 3.05) is 13.6 Å². The van der Waals surface area contributed by atoms with Crippen LogP contribution in [0.4, 0.5) is 0 Å². The van der Waals surface area contributed by atoms with Crippen LogP contribution >= 0.6 is 0 Å². The van der Waals surface area contributed by atoms with Crippen LogP contribution in [0.2, 0.25) is 0 Å². The van der Waals surface area contributed by atoms with Crippen LogP contribution in [-0.4, -0.2) is 40.2 Å². The van der Waals surface area contributed by atoms with Gasteiger partial charge >= 0.3 is 0 Å². The lowest BCUT2D eigenvalue weighted by molar-refractivity contribution is -0.137. The average molecular weight is 373 g/mol. The van der Waals surface area contributed by atoms with Crippen molar-refractivity contribution in [2.45, 2.75) is 25.4 Å². The van der Waals surface area contributed by atoms with Crippen molar-refractivity contribution >= 4 is 22.7 Å². The highest BCUT2D eigenvalue weighted by atomic mass is 16.2. The zero-order chi connectivity index (χ0) is 19.3. The van der Waals surface area contributed by atoms with Gasteiger partial charge in [-0.1, -0.05) is 48.5 Å². The number of likely N-dealkylation sites (tertiary alicyclic amines) is 1. The number of H-pyrrole nitrogens is 1. The number of carbonyl (C=O) groups is 2. The van der Waals surface area contributed by atoms with Crippen LogP contribution in [0.5, 0.6) is 0 Å². The van der Waals surface area contributed by atoms with E-state index in [4.69, 9.17) is 0 Å². The van der Waals surface area contributed by atoms with Crippen molar-refractivity contribution in [1.29, 1.82) is 0 Å². The van der Waals surface area contributed by atoms with Crippen molar-refractivity contribution in [1.82, 2.24) is 14.8 Å². The highest BCUT2D eigenvalue weighted by Crippen LogP contribution is 2.39. The van der Waals surface area contributed by atoms with E-state index in [0.29, 0.717) is 13.1 Å². The maximum atomic E-state index is 13.5. The van der Waals surface area contributed by atoms with Gasteiger partial charge in [0.25, 0.3) is 0 Å². The van der Waals surface area contributed by atoms with Gasteiger partial charge < -0.3 is 14.8 Å². The second-order valence-electron chi connectivity index (χ2n) is 7.81. The first-order chi connectivity index (χ1) is 13.6. The number of carbonyl (C=O) groups excluding carboxylic acids is 2. The molecule has 28 heavy (non-hydrogen) atoms. The van der Waals surface area contributed by atoms with Crippen LogP contribution in [0.3, 0.4) is 0 Å². The van der Waals surface area contributed by atoms with Crippen molar-refractivity contribution in [3.05, 3.63) is 71.4 Å². The van der Waals surface area contributed by atoms with Gasteiger partial charge in [-0.05, 0) is 11.6 Å². The van der Waals surface area contributed by atoms with Crippen molar-refractivity contribution < 1.29 is 9.59 Å². The third-order valence-corrected chi connectivity index (χ3v) is 6.24. The number of hydrogen-bond acceptors (Lipinski definition) is 2. The Labute approximate surface area is 163 Å². The lowest BCUT2D eigenvalue weighted by atomic mass is 9.91. The van der Waals surface area contributed by atoms with Gasteiger partial charge in [0.1, 0.15) is 0 Å². The molecule has 0 saturated carbocycles. The summed E-state index contributed by atoms with van der Waals surface area (Å²) in [5, 5.41) is 1.19. The molecule has 3 heterocycles. The van der Waals surface area contributed by atoms with Crippen LogP contribution in [0, 0.1) is 5.92 Å². The molecule has 0 spiro atoms. The minimum absolute atomic E-state index is 0.0389. The third kappa shape index (κ3) is 2.61. The predicted octanol–water partition coefficient (Wildman–Crippen LogP) is 3.27. The number of amides is 2. The molecule has 142 valence electrons. The van der Waals surface area contributed by atoms with Gasteiger partial charge in [-0.25, -0.2) is 0 Å². The van der Waals surface area contributed by atoms with Crippen LogP contribution in [0.15, 0.2) is 54.6 Å². The highest BCUT2D eigenvalue weighted by molar-refractivity contribution is 5.91. The number of hydrogen-bond donors (Lipinski definition) is 1. The molecule has 2 aliphatic rings. The Bertz CT molecular complexity index is 1060. The number of nitrogens with zero attached hydrogens (tertiary/aromatic N) is 2. The molecule has 2 amide bonds. The molecule has 2 aromatic carbocycles. The summed E-state index contributed by atoms with van der Waals surface area (Å²) < 4.78 is 0. The summed E-state index contributed by atoms with van der Waals surface area (Å²) in [5.74, 6) is -0.203. The SMILES string of the molecule is CN1C(=O)C[C@H](C(=O)N2CCc3[nH]c4ccccc4c3C2)[C@@H]1c1ccccc1. The zero-order valence-corrected chi connectivity index (χ0v) is 15.9. The van der Waals surface area contributed by atoms with E-state index < -0.39 is 0 Å². The summed E-state index contributed by atoms with van der Waals surface area (Å²) in [6.45, 7) is 1.29. The molecule has 5 heteroatoms. The monoisotopic (exact) mass is 373 g/mol. The predicted molar refractivity (Wildman–Crippen MR) is 107 cm³/mol. The van der Waals surface area contributed by atoms with Gasteiger partial charge in [-0.3, -0.25) is 9.59 Å². The van der Waals surface area contributed by atoms with Crippen LogP contribution in [0.25, 0.3) is 10.9 Å². The Morgan fingerprint density at radius 2 is 1.82 bits per heavy atom. The maximum Gasteiger partial charge on any atom is 0.228 e. The second kappa shape index (κ2) is 6.51. The highest BCUT2D eigenvalue weighted by Gasteiger charge is 2.44. The summed E-state index contributed by atoms with van der Waals surface area (Å²) in [5.41, 5.74) is 4.59. The largest absolute Gasteiger partial charge is 0.358 e. The molecule has 0 aliphatic carbocycles.